The molecule has 8 nitrogen and oxygen atoms in total. The minimum absolute atomic E-state index is 0.0834. The highest BCUT2D eigenvalue weighted by atomic mass is 16.6. The van der Waals surface area contributed by atoms with Crippen LogP contribution >= 0.6 is 0 Å². The van der Waals surface area contributed by atoms with E-state index in [9.17, 15) is 19.7 Å². The van der Waals surface area contributed by atoms with Crippen LogP contribution in [0.3, 0.4) is 0 Å². The molecule has 0 fully saturated rings. The minimum Gasteiger partial charge on any atom is -0.481 e. The Morgan fingerprint density at radius 2 is 1.91 bits per heavy atom. The molecule has 1 amide bonds. The lowest BCUT2D eigenvalue weighted by molar-refractivity contribution is -0.383. The molecule has 0 aliphatic heterocycles. The average molecular weight is 309 g/mol. The number of hydrogen-bond donors (Lipinski definition) is 3. The van der Waals surface area contributed by atoms with Crippen LogP contribution in [0.1, 0.15) is 42.5 Å². The number of amides is 1. The van der Waals surface area contributed by atoms with Crippen molar-refractivity contribution in [2.45, 2.75) is 32.1 Å². The van der Waals surface area contributed by atoms with Gasteiger partial charge < -0.3 is 16.2 Å². The summed E-state index contributed by atoms with van der Waals surface area (Å²) in [4.78, 5) is 32.4. The number of para-hydroxylation sites is 1. The van der Waals surface area contributed by atoms with Crippen LogP contribution in [0.4, 0.5) is 11.4 Å². The number of carboxylic acid groups (broad SMARTS) is 1. The Hall–Kier alpha value is -2.64. The third kappa shape index (κ3) is 5.39. The predicted molar refractivity (Wildman–Crippen MR) is 80.6 cm³/mol. The van der Waals surface area contributed by atoms with E-state index in [4.69, 9.17) is 10.8 Å². The molecule has 0 aromatic heterocycles. The molecular formula is C14H19N3O5. The lowest BCUT2D eigenvalue weighted by Gasteiger charge is -2.07. The molecule has 0 bridgehead atoms. The summed E-state index contributed by atoms with van der Waals surface area (Å²) in [6.45, 7) is 0.411. The summed E-state index contributed by atoms with van der Waals surface area (Å²) in [5.74, 6) is -1.26. The maximum absolute atomic E-state index is 11.9. The highest BCUT2D eigenvalue weighted by Gasteiger charge is 2.18. The van der Waals surface area contributed by atoms with Crippen molar-refractivity contribution in [1.82, 2.24) is 5.32 Å². The number of nitrogens with one attached hydrogen (secondary N) is 1. The molecule has 0 heterocycles. The van der Waals surface area contributed by atoms with Crippen molar-refractivity contribution in [2.24, 2.45) is 0 Å². The number of rotatable bonds is 9. The number of carbonyl (C=O) groups excluding carboxylic acids is 1. The van der Waals surface area contributed by atoms with Crippen LogP contribution in [0.5, 0.6) is 0 Å². The molecule has 0 radical (unpaired) electrons. The Labute approximate surface area is 127 Å². The fourth-order valence-corrected chi connectivity index (χ4v) is 1.96. The first kappa shape index (κ1) is 17.4. The van der Waals surface area contributed by atoms with Crippen LogP contribution < -0.4 is 11.1 Å². The Morgan fingerprint density at radius 1 is 1.23 bits per heavy atom. The zero-order chi connectivity index (χ0) is 16.5. The van der Waals surface area contributed by atoms with E-state index in [1.807, 2.05) is 0 Å². The molecule has 1 aromatic rings. The van der Waals surface area contributed by atoms with Crippen molar-refractivity contribution in [1.29, 1.82) is 0 Å². The van der Waals surface area contributed by atoms with Crippen molar-refractivity contribution in [3.63, 3.8) is 0 Å². The number of nitrogen functional groups attached to an aromatic ring is 1. The number of benzene rings is 1. The first-order valence-electron chi connectivity index (χ1n) is 6.96. The van der Waals surface area contributed by atoms with Crippen LogP contribution in [0.15, 0.2) is 18.2 Å². The Morgan fingerprint density at radius 3 is 2.55 bits per heavy atom. The number of nitro benzene ring substituents is 1. The van der Waals surface area contributed by atoms with Gasteiger partial charge >= 0.3 is 5.97 Å². The van der Waals surface area contributed by atoms with Crippen molar-refractivity contribution in [3.8, 4) is 0 Å². The van der Waals surface area contributed by atoms with Crippen molar-refractivity contribution in [2.75, 3.05) is 12.3 Å². The van der Waals surface area contributed by atoms with Crippen LogP contribution in [-0.2, 0) is 4.79 Å². The molecule has 0 spiro atoms. The van der Waals surface area contributed by atoms with Crippen LogP contribution in [0.25, 0.3) is 0 Å². The van der Waals surface area contributed by atoms with E-state index in [1.165, 1.54) is 18.2 Å². The van der Waals surface area contributed by atoms with Gasteiger partial charge in [0.2, 0.25) is 0 Å². The second kappa shape index (κ2) is 8.60. The summed E-state index contributed by atoms with van der Waals surface area (Å²) in [7, 11) is 0. The maximum Gasteiger partial charge on any atom is 0.303 e. The van der Waals surface area contributed by atoms with E-state index in [0.29, 0.717) is 19.4 Å². The molecule has 8 heteroatoms. The Kier molecular flexibility index (Phi) is 6.81. The summed E-state index contributed by atoms with van der Waals surface area (Å²) < 4.78 is 0. The smallest absolute Gasteiger partial charge is 0.303 e. The van der Waals surface area contributed by atoms with Gasteiger partial charge in [-0.1, -0.05) is 18.9 Å². The molecule has 0 aliphatic rings. The lowest BCUT2D eigenvalue weighted by Crippen LogP contribution is -2.25. The number of unbranched alkanes of at least 4 members (excludes halogenated alkanes) is 3. The minimum atomic E-state index is -0.811. The second-order valence-electron chi connectivity index (χ2n) is 4.81. The fourth-order valence-electron chi connectivity index (χ4n) is 1.96. The first-order valence-corrected chi connectivity index (χ1v) is 6.96. The molecule has 0 atom stereocenters. The molecule has 1 aromatic carbocycles. The van der Waals surface area contributed by atoms with Gasteiger partial charge in [0.15, 0.2) is 0 Å². The number of nitrogens with two attached hydrogens (primary N) is 1. The summed E-state index contributed by atoms with van der Waals surface area (Å²) in [5.41, 5.74) is 5.27. The molecule has 120 valence electrons. The largest absolute Gasteiger partial charge is 0.481 e. The second-order valence-corrected chi connectivity index (χ2v) is 4.81. The lowest BCUT2D eigenvalue weighted by atomic mass is 10.1. The number of anilines is 1. The van der Waals surface area contributed by atoms with Crippen molar-refractivity contribution in [3.05, 3.63) is 33.9 Å². The van der Waals surface area contributed by atoms with E-state index in [-0.39, 0.29) is 23.4 Å². The number of carbonyl (C=O) groups is 2. The molecule has 0 saturated carbocycles. The number of carboxylic acids is 1. The standard InChI is InChI=1S/C14H19N3O5/c15-13-10(6-5-7-11(13)17(21)22)14(20)16-9-4-2-1-3-8-12(18)19/h5-7H,1-4,8-9,15H2,(H,16,20)(H,18,19). The average Bonchev–Trinajstić information content (AvgIpc) is 2.45. The van der Waals surface area contributed by atoms with E-state index < -0.39 is 16.8 Å². The van der Waals surface area contributed by atoms with Gasteiger partial charge in [0.1, 0.15) is 5.69 Å². The van der Waals surface area contributed by atoms with Gasteiger partial charge in [0, 0.05) is 19.0 Å². The Bertz CT molecular complexity index is 559. The monoisotopic (exact) mass is 309 g/mol. The van der Waals surface area contributed by atoms with Crippen LogP contribution in [0, 0.1) is 10.1 Å². The molecule has 22 heavy (non-hydrogen) atoms. The quantitative estimate of drug-likeness (QED) is 0.276. The van der Waals surface area contributed by atoms with Crippen molar-refractivity contribution >= 4 is 23.3 Å². The zero-order valence-corrected chi connectivity index (χ0v) is 12.1. The SMILES string of the molecule is Nc1c(C(=O)NCCCCCCC(=O)O)cccc1[N+](=O)[O-]. The number of hydrogen-bond acceptors (Lipinski definition) is 5. The molecule has 0 saturated heterocycles. The highest BCUT2D eigenvalue weighted by Crippen LogP contribution is 2.24. The van der Waals surface area contributed by atoms with Gasteiger partial charge in [0.05, 0.1) is 10.5 Å². The third-order valence-electron chi connectivity index (χ3n) is 3.13. The van der Waals surface area contributed by atoms with E-state index >= 15 is 0 Å². The fraction of sp³-hybridized carbons (Fsp3) is 0.429. The van der Waals surface area contributed by atoms with Gasteiger partial charge in [-0.05, 0) is 18.9 Å². The number of nitrogens with zero attached hydrogens (tertiary/aromatic N) is 1. The van der Waals surface area contributed by atoms with Gasteiger partial charge in [-0.3, -0.25) is 19.7 Å². The summed E-state index contributed by atoms with van der Waals surface area (Å²) >= 11 is 0. The normalized spacial score (nSPS) is 10.2. The highest BCUT2D eigenvalue weighted by molar-refractivity contribution is 6.00. The van der Waals surface area contributed by atoms with Gasteiger partial charge in [0.25, 0.3) is 11.6 Å². The van der Waals surface area contributed by atoms with Crippen LogP contribution in [-0.4, -0.2) is 28.5 Å². The van der Waals surface area contributed by atoms with E-state index in [1.54, 1.807) is 0 Å². The predicted octanol–water partition coefficient (Wildman–Crippen LogP) is 1.94. The third-order valence-corrected chi connectivity index (χ3v) is 3.13. The number of aliphatic carboxylic acids is 1. The maximum atomic E-state index is 11.9. The summed E-state index contributed by atoms with van der Waals surface area (Å²) in [5, 5.41) is 21.9. The van der Waals surface area contributed by atoms with Crippen molar-refractivity contribution < 1.29 is 19.6 Å². The van der Waals surface area contributed by atoms with E-state index in [0.717, 1.165) is 12.8 Å². The van der Waals surface area contributed by atoms with Gasteiger partial charge in [-0.15, -0.1) is 0 Å². The summed E-state index contributed by atoms with van der Waals surface area (Å²) in [6.07, 6.45) is 3.05. The number of nitro groups is 1. The Balaban J connectivity index is 2.39. The zero-order valence-electron chi connectivity index (χ0n) is 12.1. The van der Waals surface area contributed by atoms with Crippen LogP contribution in [0.2, 0.25) is 0 Å². The topological polar surface area (TPSA) is 136 Å². The molecular weight excluding hydrogens is 290 g/mol. The first-order chi connectivity index (χ1) is 10.4. The molecule has 1 rings (SSSR count). The van der Waals surface area contributed by atoms with Gasteiger partial charge in [-0.25, -0.2) is 0 Å². The molecule has 0 unspecified atom stereocenters. The summed E-state index contributed by atoms with van der Waals surface area (Å²) in [6, 6.07) is 4.09. The van der Waals surface area contributed by atoms with E-state index in [2.05, 4.69) is 5.32 Å². The molecule has 0 aliphatic carbocycles. The molecule has 4 N–H and O–H groups in total. The van der Waals surface area contributed by atoms with Gasteiger partial charge in [-0.2, -0.15) is 0 Å².